The number of esters is 2. The van der Waals surface area contributed by atoms with Crippen LogP contribution in [0.1, 0.15) is 178 Å². The maximum atomic E-state index is 13.3. The smallest absolute Gasteiger partial charge is 0.355 e. The molecule has 4 heterocycles. The third-order valence-corrected chi connectivity index (χ3v) is 10.5. The highest BCUT2D eigenvalue weighted by molar-refractivity contribution is 6.09. The van der Waals surface area contributed by atoms with E-state index in [1.54, 1.807) is 0 Å². The van der Waals surface area contributed by atoms with Gasteiger partial charge in [-0.3, -0.25) is 4.99 Å². The summed E-state index contributed by atoms with van der Waals surface area (Å²) in [6.07, 6.45) is 9.64. The van der Waals surface area contributed by atoms with Crippen molar-refractivity contribution < 1.29 is 19.1 Å². The lowest BCUT2D eigenvalue weighted by molar-refractivity contribution is 0.00501. The number of hydrogen-bond acceptors (Lipinski definition) is 5. The summed E-state index contributed by atoms with van der Waals surface area (Å²) in [6.45, 7) is 26.3. The van der Waals surface area contributed by atoms with Crippen LogP contribution >= 0.6 is 0 Å². The molecule has 0 amide bonds. The van der Waals surface area contributed by atoms with Gasteiger partial charge in [0.15, 0.2) is 0 Å². The van der Waals surface area contributed by atoms with Gasteiger partial charge in [-0.05, 0) is 158 Å². The third-order valence-electron chi connectivity index (χ3n) is 10.5. The highest BCUT2D eigenvalue weighted by atomic mass is 16.6. The summed E-state index contributed by atoms with van der Waals surface area (Å²) in [6, 6.07) is 0. The number of carbonyl (C=O) groups excluding carboxylic acids is 2. The van der Waals surface area contributed by atoms with Crippen LogP contribution in [0.4, 0.5) is 0 Å². The van der Waals surface area contributed by atoms with Crippen LogP contribution in [0, 0.1) is 20.8 Å². The highest BCUT2D eigenvalue weighted by Gasteiger charge is 2.35. The molecular weight excluding hydrogens is 636 g/mol. The van der Waals surface area contributed by atoms with Crippen LogP contribution < -0.4 is 0 Å². The van der Waals surface area contributed by atoms with Gasteiger partial charge in [0.1, 0.15) is 22.6 Å². The number of H-pyrrole nitrogens is 3. The Bertz CT molecular complexity index is 1930. The number of carbonyl (C=O) groups is 2. The lowest BCUT2D eigenvalue weighted by Crippen LogP contribution is -2.24. The topological polar surface area (TPSA) is 112 Å². The van der Waals surface area contributed by atoms with Gasteiger partial charge in [-0.25, -0.2) is 9.59 Å². The minimum Gasteiger partial charge on any atom is -0.455 e. The van der Waals surface area contributed by atoms with Crippen LogP contribution in [0.2, 0.25) is 0 Å². The molecule has 1 aliphatic heterocycles. The van der Waals surface area contributed by atoms with Crippen molar-refractivity contribution in [2.24, 2.45) is 4.99 Å². The van der Waals surface area contributed by atoms with Gasteiger partial charge in [0.2, 0.25) is 0 Å². The number of nitrogens with zero attached hydrogens (tertiary/aromatic N) is 1. The number of ether oxygens (including phenoxy) is 2. The maximum Gasteiger partial charge on any atom is 0.355 e. The summed E-state index contributed by atoms with van der Waals surface area (Å²) < 4.78 is 11.5. The normalized spacial score (nSPS) is 17.5. The third kappa shape index (κ3) is 7.75. The van der Waals surface area contributed by atoms with Gasteiger partial charge in [-0.15, -0.1) is 0 Å². The molecule has 3 N–H and O–H groups in total. The predicted molar refractivity (Wildman–Crippen MR) is 207 cm³/mol. The summed E-state index contributed by atoms with van der Waals surface area (Å²) in [4.78, 5) is 42.5. The van der Waals surface area contributed by atoms with Gasteiger partial charge in [0.25, 0.3) is 0 Å². The van der Waals surface area contributed by atoms with Gasteiger partial charge in [0.05, 0.1) is 11.4 Å². The van der Waals surface area contributed by atoms with Crippen molar-refractivity contribution in [1.29, 1.82) is 0 Å². The molecule has 1 unspecified atom stereocenters. The first-order valence-corrected chi connectivity index (χ1v) is 19.0. The second kappa shape index (κ2) is 14.5. The molecule has 8 nitrogen and oxygen atoms in total. The van der Waals surface area contributed by atoms with Crippen molar-refractivity contribution in [3.05, 3.63) is 84.4 Å². The second-order valence-electron chi connectivity index (χ2n) is 16.4. The van der Waals surface area contributed by atoms with E-state index in [9.17, 15) is 9.59 Å². The molecule has 276 valence electrons. The molecule has 0 radical (unpaired) electrons. The SMILES string of the molecule is CCc1c(/C=C2/N=C3C(=C2C)CCCCC3c2[nH]c(C(=O)OC(C)(C)C)c(C)c2CC)[nH]c(Cc2[nH]c(C(=O)OC(C)(C)C)c(C)c2CC)c1C. The van der Waals surface area contributed by atoms with Crippen molar-refractivity contribution in [1.82, 2.24) is 15.0 Å². The van der Waals surface area contributed by atoms with Crippen LogP contribution in [0.3, 0.4) is 0 Å². The van der Waals surface area contributed by atoms with Crippen LogP contribution in [-0.4, -0.2) is 43.8 Å². The monoisotopic (exact) mass is 696 g/mol. The Labute approximate surface area is 305 Å². The van der Waals surface area contributed by atoms with Crippen molar-refractivity contribution >= 4 is 23.7 Å². The fourth-order valence-corrected chi connectivity index (χ4v) is 8.03. The van der Waals surface area contributed by atoms with Crippen LogP contribution in [0.15, 0.2) is 21.8 Å². The summed E-state index contributed by atoms with van der Waals surface area (Å²) in [5.41, 5.74) is 15.9. The van der Waals surface area contributed by atoms with E-state index in [0.29, 0.717) is 17.8 Å². The number of aliphatic imine (C=N–C) groups is 1. The minimum atomic E-state index is -0.569. The minimum absolute atomic E-state index is 0.0857. The summed E-state index contributed by atoms with van der Waals surface area (Å²) in [5, 5.41) is 0. The first-order chi connectivity index (χ1) is 23.9. The van der Waals surface area contributed by atoms with Gasteiger partial charge in [0, 0.05) is 35.1 Å². The molecule has 0 saturated heterocycles. The van der Waals surface area contributed by atoms with Crippen LogP contribution in [-0.2, 0) is 35.2 Å². The largest absolute Gasteiger partial charge is 0.455 e. The fraction of sp³-hybridized carbons (Fsp3) is 0.558. The quantitative estimate of drug-likeness (QED) is 0.193. The van der Waals surface area contributed by atoms with E-state index < -0.39 is 11.2 Å². The molecule has 51 heavy (non-hydrogen) atoms. The van der Waals surface area contributed by atoms with E-state index in [1.807, 2.05) is 55.4 Å². The Balaban J connectivity index is 1.52. The molecule has 1 saturated carbocycles. The van der Waals surface area contributed by atoms with Gasteiger partial charge in [-0.2, -0.15) is 0 Å². The lowest BCUT2D eigenvalue weighted by atomic mass is 9.88. The van der Waals surface area contributed by atoms with Crippen molar-refractivity contribution in [2.75, 3.05) is 0 Å². The molecule has 8 heteroatoms. The zero-order valence-corrected chi connectivity index (χ0v) is 33.4. The summed E-state index contributed by atoms with van der Waals surface area (Å²) in [7, 11) is 0. The highest BCUT2D eigenvalue weighted by Crippen LogP contribution is 2.42. The number of aromatic nitrogens is 3. The van der Waals surface area contributed by atoms with E-state index in [-0.39, 0.29) is 17.9 Å². The molecule has 3 aromatic rings. The van der Waals surface area contributed by atoms with E-state index in [0.717, 1.165) is 95.8 Å². The summed E-state index contributed by atoms with van der Waals surface area (Å²) >= 11 is 0. The van der Waals surface area contributed by atoms with E-state index in [2.05, 4.69) is 55.6 Å². The molecule has 5 rings (SSSR count). The molecule has 0 aromatic carbocycles. The molecule has 1 fully saturated rings. The first kappa shape index (κ1) is 38.2. The van der Waals surface area contributed by atoms with Gasteiger partial charge < -0.3 is 24.4 Å². The number of fused-ring (bicyclic) bond motifs is 1. The zero-order valence-electron chi connectivity index (χ0n) is 33.4. The van der Waals surface area contributed by atoms with Gasteiger partial charge >= 0.3 is 11.9 Å². The zero-order chi connectivity index (χ0) is 37.6. The van der Waals surface area contributed by atoms with E-state index in [1.165, 1.54) is 27.8 Å². The predicted octanol–water partition coefficient (Wildman–Crippen LogP) is 10.3. The molecule has 0 bridgehead atoms. The van der Waals surface area contributed by atoms with Gasteiger partial charge in [-0.1, -0.05) is 27.2 Å². The second-order valence-corrected chi connectivity index (χ2v) is 16.4. The molecule has 1 aliphatic carbocycles. The Morgan fingerprint density at radius 1 is 0.745 bits per heavy atom. The Morgan fingerprint density at radius 2 is 1.31 bits per heavy atom. The van der Waals surface area contributed by atoms with E-state index >= 15 is 0 Å². The average Bonchev–Trinajstić information content (AvgIpc) is 3.67. The lowest BCUT2D eigenvalue weighted by Gasteiger charge is -2.19. The average molecular weight is 697 g/mol. The Kier molecular flexibility index (Phi) is 10.9. The number of nitrogens with one attached hydrogen (secondary N) is 3. The number of allylic oxidation sites excluding steroid dienone is 2. The molecule has 0 spiro atoms. The molecule has 2 aliphatic rings. The maximum absolute atomic E-state index is 13.3. The van der Waals surface area contributed by atoms with Crippen molar-refractivity contribution in [2.45, 2.75) is 158 Å². The molecular formula is C43H60N4O4. The molecule has 3 aromatic heterocycles. The number of hydrogen-bond donors (Lipinski definition) is 3. The first-order valence-electron chi connectivity index (χ1n) is 19.0. The van der Waals surface area contributed by atoms with Crippen LogP contribution in [0.25, 0.3) is 6.08 Å². The summed E-state index contributed by atoms with van der Waals surface area (Å²) in [5.74, 6) is -0.533. The van der Waals surface area contributed by atoms with Crippen molar-refractivity contribution in [3.8, 4) is 0 Å². The Morgan fingerprint density at radius 3 is 1.88 bits per heavy atom. The van der Waals surface area contributed by atoms with Crippen LogP contribution in [0.5, 0.6) is 0 Å². The molecule has 1 atom stereocenters. The van der Waals surface area contributed by atoms with E-state index in [4.69, 9.17) is 14.5 Å². The van der Waals surface area contributed by atoms with Crippen molar-refractivity contribution in [3.63, 3.8) is 0 Å². The number of aromatic amines is 3. The number of rotatable bonds is 9. The fourth-order valence-electron chi connectivity index (χ4n) is 8.03. The Hall–Kier alpha value is -4.07. The standard InChI is InChI=1S/C43H60N4O4/c1-14-27-23(4)32(21-35-28(15-2)25(6)36(46-35)40(48)50-42(8,9)10)44-34(27)22-33-24(5)30-19-17-18-20-31(39(30)45-33)38-29(16-3)26(7)37(47-38)41(49)51-43(11,12)13/h22,31,44,46-47H,14-21H2,1-13H3/b33-22+.